The number of hydrogen-bond acceptors (Lipinski definition) is 16. The fraction of sp³-hybridized carbons (Fsp3) is 0.688. The Morgan fingerprint density at radius 1 is 0.611 bits per heavy atom. The van der Waals surface area contributed by atoms with Gasteiger partial charge in [0.2, 0.25) is 0 Å². The van der Waals surface area contributed by atoms with Gasteiger partial charge < -0.3 is 55.9 Å². The average Bonchev–Trinajstić information content (AvgIpc) is 3.21. The molecule has 3 atom stereocenters. The molecule has 0 spiro atoms. The highest BCUT2D eigenvalue weighted by molar-refractivity contribution is 7.80. The van der Waals surface area contributed by atoms with E-state index >= 15 is 0 Å². The smallest absolute Gasteiger partial charge is 0.329 e. The molecule has 0 saturated carbocycles. The van der Waals surface area contributed by atoms with Crippen molar-refractivity contribution in [3.8, 4) is 0 Å². The molecule has 8 N–H and O–H groups in total. The van der Waals surface area contributed by atoms with Crippen LogP contribution in [0.2, 0.25) is 0 Å². The molecule has 0 aliphatic carbocycles. The number of unbranched alkanes of at least 4 members (excludes halogenated alkanes) is 1. The summed E-state index contributed by atoms with van der Waals surface area (Å²) in [6.07, 6.45) is 1.12. The van der Waals surface area contributed by atoms with Crippen molar-refractivity contribution in [1.29, 1.82) is 0 Å². The summed E-state index contributed by atoms with van der Waals surface area (Å²) >= 11 is 5.54. The molecule has 1 aliphatic heterocycles. The Balaban J connectivity index is 2.14. The Bertz CT molecular complexity index is 1990. The van der Waals surface area contributed by atoms with Crippen LogP contribution >= 0.6 is 12.2 Å². The minimum atomic E-state index is -1.23. The van der Waals surface area contributed by atoms with Crippen molar-refractivity contribution in [3.05, 3.63) is 29.8 Å². The first kappa shape index (κ1) is 62.4. The molecule has 2 amide bonds. The van der Waals surface area contributed by atoms with Crippen LogP contribution in [0.15, 0.2) is 24.3 Å². The van der Waals surface area contributed by atoms with Gasteiger partial charge in [-0.25, -0.2) is 14.4 Å². The molecule has 2 rings (SSSR count). The largest absolute Gasteiger partial charge is 0.480 e. The number of esters is 3. The quantitative estimate of drug-likeness (QED) is 0.0338. The summed E-state index contributed by atoms with van der Waals surface area (Å²) in [5, 5.41) is 50.5. The number of hydrogen-bond donors (Lipinski definition) is 8. The van der Waals surface area contributed by atoms with Crippen LogP contribution in [-0.4, -0.2) is 206 Å². The Hall–Kier alpha value is -5.69. The molecule has 0 radical (unpaired) electrons. The molecule has 1 heterocycles. The summed E-state index contributed by atoms with van der Waals surface area (Å²) in [6, 6.07) is 3.50. The average molecular weight is 1040 g/mol. The highest BCUT2D eigenvalue weighted by atomic mass is 32.1. The van der Waals surface area contributed by atoms with Gasteiger partial charge in [0.05, 0.1) is 26.2 Å². The van der Waals surface area contributed by atoms with Gasteiger partial charge in [-0.15, -0.1) is 0 Å². The number of benzene rings is 1. The number of rotatable bonds is 23. The monoisotopic (exact) mass is 1040 g/mol. The maximum absolute atomic E-state index is 13.3. The van der Waals surface area contributed by atoms with Gasteiger partial charge in [0, 0.05) is 70.5 Å². The molecule has 406 valence electrons. The van der Waals surface area contributed by atoms with Gasteiger partial charge in [0.1, 0.15) is 28.9 Å². The summed E-state index contributed by atoms with van der Waals surface area (Å²) in [5.41, 5.74) is -1.08. The number of anilines is 1. The first-order chi connectivity index (χ1) is 33.4. The number of aliphatic carboxylic acids is 4. The van der Waals surface area contributed by atoms with Crippen LogP contribution in [0.3, 0.4) is 0 Å². The second kappa shape index (κ2) is 29.7. The molecule has 1 unspecified atom stereocenters. The number of nitrogens with zero attached hydrogens (tertiary/aromatic N) is 4. The summed E-state index contributed by atoms with van der Waals surface area (Å²) < 4.78 is 16.4. The van der Waals surface area contributed by atoms with Crippen LogP contribution < -0.4 is 21.3 Å². The summed E-state index contributed by atoms with van der Waals surface area (Å²) in [6.45, 7) is 15.4. The molecule has 1 saturated heterocycles. The molecular formula is C48H78N8O15S. The number of urea groups is 1. The molecular weight excluding hydrogens is 961 g/mol. The second-order valence-electron chi connectivity index (χ2n) is 20.7. The van der Waals surface area contributed by atoms with Crippen LogP contribution in [0, 0.1) is 0 Å². The number of amides is 2. The first-order valence-corrected chi connectivity index (χ1v) is 24.4. The third-order valence-corrected chi connectivity index (χ3v) is 10.8. The second-order valence-corrected chi connectivity index (χ2v) is 21.1. The minimum Gasteiger partial charge on any atom is -0.480 e. The Morgan fingerprint density at radius 2 is 1.06 bits per heavy atom. The van der Waals surface area contributed by atoms with Crippen molar-refractivity contribution in [3.63, 3.8) is 0 Å². The fourth-order valence-corrected chi connectivity index (χ4v) is 7.68. The molecule has 24 heteroatoms. The Morgan fingerprint density at radius 3 is 1.53 bits per heavy atom. The van der Waals surface area contributed by atoms with E-state index in [4.69, 9.17) is 26.4 Å². The lowest BCUT2D eigenvalue weighted by Gasteiger charge is -2.37. The van der Waals surface area contributed by atoms with E-state index in [1.807, 2.05) is 12.1 Å². The van der Waals surface area contributed by atoms with Crippen molar-refractivity contribution in [2.75, 3.05) is 83.9 Å². The van der Waals surface area contributed by atoms with Gasteiger partial charge in [-0.2, -0.15) is 0 Å². The number of nitrogens with one attached hydrogen (secondary N) is 4. The number of carboxylic acid groups (broad SMARTS) is 4. The Labute approximate surface area is 427 Å². The summed E-state index contributed by atoms with van der Waals surface area (Å²) in [7, 11) is 0. The number of carbonyl (C=O) groups excluding carboxylic acids is 4. The molecule has 0 aromatic heterocycles. The predicted molar refractivity (Wildman–Crippen MR) is 269 cm³/mol. The molecule has 72 heavy (non-hydrogen) atoms. The van der Waals surface area contributed by atoms with Gasteiger partial charge in [-0.05, 0) is 124 Å². The van der Waals surface area contributed by atoms with Gasteiger partial charge in [0.25, 0.3) is 0 Å². The van der Waals surface area contributed by atoms with E-state index in [0.717, 1.165) is 5.56 Å². The maximum Gasteiger partial charge on any atom is 0.329 e. The standard InChI is InChI=1S/C48H78N8O15S/c1-46(2,3)69-41(65)18-17-36(43(67)71-48(7,8)9)52-44(68)51-35(42(66)70-47(4,5)6)12-10-11-19-49-45(72)50-33-15-13-32(14-16-33)26-34-27-55(30-39(61)62)23-22-53(28-37(57)58)20-21-54(29-38(59)60)24-25-56(34)31-40(63)64/h13-16,34-36H,10-12,17-31H2,1-9H3,(H,57,58)(H,59,60)(H,61,62)(H,63,64)(H2,49,50,72)(H2,51,52,68)/t34?,35-,36-/m0/s1. The van der Waals surface area contributed by atoms with Gasteiger partial charge in [-0.3, -0.25) is 43.6 Å². The topological polar surface area (TPSA) is 306 Å². The normalized spacial score (nSPS) is 16.9. The van der Waals surface area contributed by atoms with E-state index in [2.05, 4.69) is 21.3 Å². The zero-order valence-electron chi connectivity index (χ0n) is 43.2. The van der Waals surface area contributed by atoms with Gasteiger partial charge in [-0.1, -0.05) is 12.1 Å². The molecule has 1 aromatic carbocycles. The molecule has 1 aliphatic rings. The van der Waals surface area contributed by atoms with Crippen LogP contribution in [0.5, 0.6) is 0 Å². The minimum absolute atomic E-state index is 0.113. The van der Waals surface area contributed by atoms with E-state index < -0.39 is 82.7 Å². The number of ether oxygens (including phenoxy) is 3. The SMILES string of the molecule is CC(C)(C)OC(=O)CC[C@H](NC(=O)N[C@@H](CCCCNC(=S)Nc1ccc(CC2CN(CC(=O)O)CCN(CC(=O)O)CCN(CC(=O)O)CCN2CC(=O)O)cc1)C(=O)OC(C)(C)C)C(=O)OC(C)(C)C. The molecule has 1 fully saturated rings. The fourth-order valence-electron chi connectivity index (χ4n) is 7.46. The molecule has 0 bridgehead atoms. The lowest BCUT2D eigenvalue weighted by Crippen LogP contribution is -2.53. The lowest BCUT2D eigenvalue weighted by atomic mass is 10.0. The van der Waals surface area contributed by atoms with E-state index in [9.17, 15) is 58.8 Å². The highest BCUT2D eigenvalue weighted by Gasteiger charge is 2.32. The van der Waals surface area contributed by atoms with Crippen molar-refractivity contribution in [1.82, 2.24) is 35.6 Å². The van der Waals surface area contributed by atoms with Crippen molar-refractivity contribution in [2.24, 2.45) is 0 Å². The molecule has 1 aromatic rings. The summed E-state index contributed by atoms with van der Waals surface area (Å²) in [5.74, 6) is -6.40. The summed E-state index contributed by atoms with van der Waals surface area (Å²) in [4.78, 5) is 106. The van der Waals surface area contributed by atoms with Crippen molar-refractivity contribution < 1.29 is 73.0 Å². The van der Waals surface area contributed by atoms with Gasteiger partial charge >= 0.3 is 47.8 Å². The maximum atomic E-state index is 13.3. The number of thiocarbonyl (C=S) groups is 1. The van der Waals surface area contributed by atoms with Crippen molar-refractivity contribution in [2.45, 2.75) is 136 Å². The van der Waals surface area contributed by atoms with E-state index in [-0.39, 0.29) is 91.3 Å². The zero-order chi connectivity index (χ0) is 54.4. The number of carboxylic acids is 4. The lowest BCUT2D eigenvalue weighted by molar-refractivity contribution is -0.159. The van der Waals surface area contributed by atoms with Crippen LogP contribution in [0.4, 0.5) is 10.5 Å². The number of carbonyl (C=O) groups is 8. The third-order valence-electron chi connectivity index (χ3n) is 10.5. The van der Waals surface area contributed by atoms with E-state index in [0.29, 0.717) is 36.6 Å². The zero-order valence-corrected chi connectivity index (χ0v) is 44.1. The third kappa shape index (κ3) is 28.4. The highest BCUT2D eigenvalue weighted by Crippen LogP contribution is 2.18. The van der Waals surface area contributed by atoms with Crippen molar-refractivity contribution >= 4 is 70.8 Å². The van der Waals surface area contributed by atoms with E-state index in [1.165, 1.54) is 0 Å². The van der Waals surface area contributed by atoms with Gasteiger partial charge in [0.15, 0.2) is 5.11 Å². The van der Waals surface area contributed by atoms with E-state index in [1.54, 1.807) is 94.0 Å². The van der Waals surface area contributed by atoms with Crippen LogP contribution in [-0.2, 0) is 54.2 Å². The Kier molecular flexibility index (Phi) is 25.8. The first-order valence-electron chi connectivity index (χ1n) is 24.0. The van der Waals surface area contributed by atoms with Crippen LogP contribution in [0.1, 0.15) is 100.0 Å². The predicted octanol–water partition coefficient (Wildman–Crippen LogP) is 2.46. The molecule has 23 nitrogen and oxygen atoms in total. The van der Waals surface area contributed by atoms with Crippen LogP contribution in [0.25, 0.3) is 0 Å².